The first-order valence-electron chi connectivity index (χ1n) is 11.2. The minimum Gasteiger partial charge on any atom is -0.352 e. The van der Waals surface area contributed by atoms with Gasteiger partial charge in [-0.1, -0.05) is 61.5 Å². The first-order valence-corrected chi connectivity index (χ1v) is 11.2. The molecular weight excluding hydrogens is 425 g/mol. The minimum absolute atomic E-state index is 0.0279. The summed E-state index contributed by atoms with van der Waals surface area (Å²) in [5.74, 6) is -2.05. The molecule has 0 N–H and O–H groups in total. The summed E-state index contributed by atoms with van der Waals surface area (Å²) in [4.78, 5) is 0. The van der Waals surface area contributed by atoms with E-state index in [1.165, 1.54) is 6.07 Å². The lowest BCUT2D eigenvalue weighted by Gasteiger charge is -2.29. The Kier molecular flexibility index (Phi) is 7.31. The molecule has 0 spiro atoms. The van der Waals surface area contributed by atoms with Crippen molar-refractivity contribution in [2.75, 3.05) is 13.2 Å². The molecule has 4 rings (SSSR count). The Hall–Kier alpha value is -2.89. The lowest BCUT2D eigenvalue weighted by Crippen LogP contribution is -2.30. The lowest BCUT2D eigenvalue weighted by molar-refractivity contribution is -0.189. The van der Waals surface area contributed by atoms with Gasteiger partial charge >= 0.3 is 0 Å². The SMILES string of the molecule is C=CCCC1OCC(c2ccc(-c3ccc(-c4ccc(CC)c(F)c4F)cc3)c(F)c2)CO1. The van der Waals surface area contributed by atoms with Gasteiger partial charge in [0.05, 0.1) is 13.2 Å². The Labute approximate surface area is 192 Å². The summed E-state index contributed by atoms with van der Waals surface area (Å²) < 4.78 is 55.1. The van der Waals surface area contributed by atoms with E-state index in [0.717, 1.165) is 18.4 Å². The second-order valence-corrected chi connectivity index (χ2v) is 8.23. The van der Waals surface area contributed by atoms with Crippen LogP contribution in [0.25, 0.3) is 22.3 Å². The van der Waals surface area contributed by atoms with Gasteiger partial charge in [0.15, 0.2) is 17.9 Å². The van der Waals surface area contributed by atoms with Crippen LogP contribution in [0.2, 0.25) is 0 Å². The second kappa shape index (κ2) is 10.4. The number of ether oxygens (including phenoxy) is 2. The van der Waals surface area contributed by atoms with Crippen molar-refractivity contribution in [3.8, 4) is 22.3 Å². The average molecular weight is 453 g/mol. The molecule has 0 atom stereocenters. The smallest absolute Gasteiger partial charge is 0.166 e. The van der Waals surface area contributed by atoms with Crippen molar-refractivity contribution >= 4 is 0 Å². The Bertz CT molecular complexity index is 1120. The van der Waals surface area contributed by atoms with Gasteiger partial charge in [-0.3, -0.25) is 0 Å². The number of hydrogen-bond acceptors (Lipinski definition) is 2. The fraction of sp³-hybridized carbons (Fsp3) is 0.286. The average Bonchev–Trinajstić information content (AvgIpc) is 2.85. The van der Waals surface area contributed by atoms with E-state index in [4.69, 9.17) is 9.47 Å². The Morgan fingerprint density at radius 2 is 1.52 bits per heavy atom. The van der Waals surface area contributed by atoms with Crippen molar-refractivity contribution in [3.05, 3.63) is 95.8 Å². The normalized spacial score (nSPS) is 18.3. The molecule has 0 radical (unpaired) electrons. The molecule has 0 bridgehead atoms. The molecule has 1 aliphatic rings. The maximum atomic E-state index is 15.0. The molecule has 33 heavy (non-hydrogen) atoms. The predicted octanol–water partition coefficient (Wildman–Crippen LogP) is 7.42. The molecule has 0 saturated carbocycles. The topological polar surface area (TPSA) is 18.5 Å². The number of hydrogen-bond donors (Lipinski definition) is 0. The third-order valence-electron chi connectivity index (χ3n) is 6.09. The molecule has 3 aromatic rings. The number of rotatable bonds is 7. The van der Waals surface area contributed by atoms with Gasteiger partial charge in [0.25, 0.3) is 0 Å². The molecule has 0 aromatic heterocycles. The molecule has 1 aliphatic heterocycles. The zero-order valence-corrected chi connectivity index (χ0v) is 18.6. The standard InChI is InChI=1S/C28H27F3O2/c1-3-5-6-26-32-16-22(17-33-26)21-12-13-23(25(29)15-21)19-7-9-20(10-8-19)24-14-11-18(4-2)27(30)28(24)31/h3,7-15,22,26H,1,4-6,16-17H2,2H3. The van der Waals surface area contributed by atoms with Crippen molar-refractivity contribution in [3.63, 3.8) is 0 Å². The van der Waals surface area contributed by atoms with E-state index in [2.05, 4.69) is 6.58 Å². The summed E-state index contributed by atoms with van der Waals surface area (Å²) in [6.45, 7) is 6.44. The lowest BCUT2D eigenvalue weighted by atomic mass is 9.95. The van der Waals surface area contributed by atoms with E-state index in [9.17, 15) is 13.2 Å². The first kappa shape index (κ1) is 23.3. The van der Waals surface area contributed by atoms with E-state index in [1.54, 1.807) is 49.4 Å². The number of aryl methyl sites for hydroxylation is 1. The predicted molar refractivity (Wildman–Crippen MR) is 124 cm³/mol. The van der Waals surface area contributed by atoms with Crippen LogP contribution in [0, 0.1) is 17.5 Å². The van der Waals surface area contributed by atoms with Crippen LogP contribution in [-0.4, -0.2) is 19.5 Å². The molecule has 5 heteroatoms. The molecule has 0 aliphatic carbocycles. The minimum atomic E-state index is -0.860. The summed E-state index contributed by atoms with van der Waals surface area (Å²) in [5.41, 5.74) is 3.00. The van der Waals surface area contributed by atoms with Crippen molar-refractivity contribution in [2.45, 2.75) is 38.4 Å². The Morgan fingerprint density at radius 1 is 0.879 bits per heavy atom. The first-order chi connectivity index (χ1) is 16.0. The molecule has 3 aromatic carbocycles. The van der Waals surface area contributed by atoms with Gasteiger partial charge in [0.1, 0.15) is 5.82 Å². The van der Waals surface area contributed by atoms with Crippen LogP contribution in [0.4, 0.5) is 13.2 Å². The molecular formula is C28H27F3O2. The van der Waals surface area contributed by atoms with E-state index in [0.29, 0.717) is 41.9 Å². The second-order valence-electron chi connectivity index (χ2n) is 8.23. The number of allylic oxidation sites excluding steroid dienone is 1. The van der Waals surface area contributed by atoms with Gasteiger partial charge < -0.3 is 9.47 Å². The van der Waals surface area contributed by atoms with Crippen LogP contribution in [0.15, 0.2) is 67.3 Å². The van der Waals surface area contributed by atoms with E-state index in [-0.39, 0.29) is 23.6 Å². The highest BCUT2D eigenvalue weighted by Crippen LogP contribution is 2.32. The highest BCUT2D eigenvalue weighted by molar-refractivity contribution is 5.71. The Morgan fingerprint density at radius 3 is 2.12 bits per heavy atom. The van der Waals surface area contributed by atoms with Crippen molar-refractivity contribution in [2.24, 2.45) is 0 Å². The number of halogens is 3. The highest BCUT2D eigenvalue weighted by atomic mass is 19.2. The molecule has 0 amide bonds. The maximum Gasteiger partial charge on any atom is 0.166 e. The summed E-state index contributed by atoms with van der Waals surface area (Å²) in [5, 5.41) is 0. The largest absolute Gasteiger partial charge is 0.352 e. The third kappa shape index (κ3) is 5.05. The van der Waals surface area contributed by atoms with Gasteiger partial charge in [0, 0.05) is 23.5 Å². The molecule has 1 fully saturated rings. The van der Waals surface area contributed by atoms with Crippen LogP contribution in [-0.2, 0) is 15.9 Å². The Balaban J connectivity index is 1.49. The number of benzene rings is 3. The van der Waals surface area contributed by atoms with Crippen LogP contribution >= 0.6 is 0 Å². The van der Waals surface area contributed by atoms with Crippen molar-refractivity contribution in [1.29, 1.82) is 0 Å². The fourth-order valence-corrected chi connectivity index (χ4v) is 4.09. The van der Waals surface area contributed by atoms with E-state index >= 15 is 0 Å². The summed E-state index contributed by atoms with van der Waals surface area (Å²) >= 11 is 0. The molecule has 1 heterocycles. The van der Waals surface area contributed by atoms with E-state index < -0.39 is 11.6 Å². The maximum absolute atomic E-state index is 15.0. The molecule has 0 unspecified atom stereocenters. The fourth-order valence-electron chi connectivity index (χ4n) is 4.09. The van der Waals surface area contributed by atoms with Gasteiger partial charge in [-0.25, -0.2) is 13.2 Å². The van der Waals surface area contributed by atoms with Crippen LogP contribution in [0.1, 0.15) is 36.8 Å². The van der Waals surface area contributed by atoms with Crippen molar-refractivity contribution in [1.82, 2.24) is 0 Å². The van der Waals surface area contributed by atoms with Crippen LogP contribution in [0.5, 0.6) is 0 Å². The van der Waals surface area contributed by atoms with E-state index in [1.807, 2.05) is 12.1 Å². The zero-order valence-electron chi connectivity index (χ0n) is 18.6. The van der Waals surface area contributed by atoms with Gasteiger partial charge in [-0.15, -0.1) is 6.58 Å². The van der Waals surface area contributed by atoms with Gasteiger partial charge in [-0.2, -0.15) is 0 Å². The zero-order chi connectivity index (χ0) is 23.4. The quantitative estimate of drug-likeness (QED) is 0.347. The summed E-state index contributed by atoms with van der Waals surface area (Å²) in [7, 11) is 0. The van der Waals surface area contributed by atoms with Gasteiger partial charge in [-0.05, 0) is 41.2 Å². The third-order valence-corrected chi connectivity index (χ3v) is 6.09. The highest BCUT2D eigenvalue weighted by Gasteiger charge is 2.24. The van der Waals surface area contributed by atoms with Gasteiger partial charge in [0.2, 0.25) is 0 Å². The monoisotopic (exact) mass is 452 g/mol. The van der Waals surface area contributed by atoms with Crippen LogP contribution in [0.3, 0.4) is 0 Å². The van der Waals surface area contributed by atoms with Crippen molar-refractivity contribution < 1.29 is 22.6 Å². The molecule has 2 nitrogen and oxygen atoms in total. The van der Waals surface area contributed by atoms with Crippen LogP contribution < -0.4 is 0 Å². The summed E-state index contributed by atoms with van der Waals surface area (Å²) in [6.07, 6.45) is 3.60. The summed E-state index contributed by atoms with van der Waals surface area (Å²) in [6, 6.07) is 15.1. The molecule has 172 valence electrons. The molecule has 1 saturated heterocycles.